The maximum atomic E-state index is 14.1. The first kappa shape index (κ1) is 34.3. The average molecular weight is 648 g/mol. The number of hydrogen-bond acceptors (Lipinski definition) is 10. The first-order valence-corrected chi connectivity index (χ1v) is 16.2. The van der Waals surface area contributed by atoms with Gasteiger partial charge in [0.15, 0.2) is 23.2 Å². The Hall–Kier alpha value is -4.04. The van der Waals surface area contributed by atoms with Crippen LogP contribution in [0.2, 0.25) is 0 Å². The van der Waals surface area contributed by atoms with Crippen LogP contribution >= 0.6 is 0 Å². The minimum atomic E-state index is -2.29. The van der Waals surface area contributed by atoms with Crippen LogP contribution in [0.4, 0.5) is 0 Å². The lowest BCUT2D eigenvalue weighted by molar-refractivity contribution is -0.177. The number of nitrogens with zero attached hydrogens (tertiary/aromatic N) is 1. The Morgan fingerprint density at radius 3 is 2.57 bits per heavy atom. The molecular formula is C37H45NO9. The molecule has 0 saturated heterocycles. The van der Waals surface area contributed by atoms with Crippen molar-refractivity contribution in [1.82, 2.24) is 4.90 Å². The van der Waals surface area contributed by atoms with Crippen LogP contribution in [0, 0.1) is 11.8 Å². The predicted octanol–water partition coefficient (Wildman–Crippen LogP) is 4.67. The van der Waals surface area contributed by atoms with Crippen molar-refractivity contribution in [2.45, 2.75) is 82.2 Å². The van der Waals surface area contributed by atoms with Crippen LogP contribution in [-0.4, -0.2) is 79.9 Å². The zero-order chi connectivity index (χ0) is 33.4. The van der Waals surface area contributed by atoms with Crippen molar-refractivity contribution in [3.63, 3.8) is 0 Å². The molecule has 2 aromatic rings. The Kier molecular flexibility index (Phi) is 11.1. The topological polar surface area (TPSA) is 113 Å². The lowest BCUT2D eigenvalue weighted by atomic mass is 9.87. The third-order valence-corrected chi connectivity index (χ3v) is 8.83. The van der Waals surface area contributed by atoms with E-state index in [1.54, 1.807) is 21.0 Å². The van der Waals surface area contributed by atoms with E-state index in [0.717, 1.165) is 55.5 Å². The molecular weight excluding hydrogens is 602 g/mol. The number of carbonyl (C=O) groups excluding carboxylic acids is 2. The van der Waals surface area contributed by atoms with E-state index >= 15 is 0 Å². The summed E-state index contributed by atoms with van der Waals surface area (Å²) in [4.78, 5) is 29.0. The predicted molar refractivity (Wildman–Crippen MR) is 174 cm³/mol. The van der Waals surface area contributed by atoms with Gasteiger partial charge in [-0.3, -0.25) is 4.79 Å². The number of fused-ring (bicyclic) bond motifs is 5. The van der Waals surface area contributed by atoms with Gasteiger partial charge < -0.3 is 38.4 Å². The minimum absolute atomic E-state index is 0.145. The first-order chi connectivity index (χ1) is 22.6. The highest BCUT2D eigenvalue weighted by molar-refractivity contribution is 5.86. The maximum absolute atomic E-state index is 14.1. The van der Waals surface area contributed by atoms with Crippen molar-refractivity contribution in [2.24, 2.45) is 0 Å². The Morgan fingerprint density at radius 1 is 1.06 bits per heavy atom. The quantitative estimate of drug-likeness (QED) is 0.305. The summed E-state index contributed by atoms with van der Waals surface area (Å²) < 4.78 is 34.4. The Morgan fingerprint density at radius 2 is 1.83 bits per heavy atom. The molecule has 1 unspecified atom stereocenters. The van der Waals surface area contributed by atoms with E-state index in [9.17, 15) is 14.7 Å². The number of allylic oxidation sites excluding steroid dienone is 1. The van der Waals surface area contributed by atoms with E-state index in [1.165, 1.54) is 7.11 Å². The fourth-order valence-corrected chi connectivity index (χ4v) is 6.17. The summed E-state index contributed by atoms with van der Waals surface area (Å²) in [5.74, 6) is 5.61. The summed E-state index contributed by atoms with van der Waals surface area (Å²) in [6, 6.07) is 13.7. The Balaban J connectivity index is 1.44. The van der Waals surface area contributed by atoms with Gasteiger partial charge in [-0.1, -0.05) is 42.2 Å². The van der Waals surface area contributed by atoms with Crippen molar-refractivity contribution >= 4 is 11.9 Å². The molecule has 3 aliphatic heterocycles. The number of methoxy groups -OCH3 is 2. The van der Waals surface area contributed by atoms with Gasteiger partial charge in [0.05, 0.1) is 27.2 Å². The number of ether oxygens (including phenoxy) is 6. The number of hydrogen-bond donors (Lipinski definition) is 1. The van der Waals surface area contributed by atoms with Crippen LogP contribution in [0.5, 0.6) is 11.5 Å². The normalized spacial score (nSPS) is 22.9. The van der Waals surface area contributed by atoms with Gasteiger partial charge in [-0.25, -0.2) is 4.79 Å². The number of benzene rings is 2. The fourth-order valence-electron chi connectivity index (χ4n) is 6.17. The molecule has 0 radical (unpaired) electrons. The third-order valence-electron chi connectivity index (χ3n) is 8.83. The molecule has 10 nitrogen and oxygen atoms in total. The zero-order valence-corrected chi connectivity index (χ0v) is 27.7. The van der Waals surface area contributed by atoms with Crippen LogP contribution in [0.1, 0.15) is 68.6 Å². The summed E-state index contributed by atoms with van der Waals surface area (Å²) in [5, 5.41) is 11.8. The van der Waals surface area contributed by atoms with Crippen molar-refractivity contribution in [3.8, 4) is 23.3 Å². The molecule has 252 valence electrons. The van der Waals surface area contributed by atoms with Gasteiger partial charge in [-0.2, -0.15) is 0 Å². The van der Waals surface area contributed by atoms with E-state index in [1.807, 2.05) is 48.5 Å². The summed E-state index contributed by atoms with van der Waals surface area (Å²) in [7, 11) is 2.76. The molecule has 0 saturated carbocycles. The molecule has 3 heterocycles. The maximum Gasteiger partial charge on any atom is 0.340 e. The van der Waals surface area contributed by atoms with E-state index in [-0.39, 0.29) is 19.1 Å². The highest BCUT2D eigenvalue weighted by Crippen LogP contribution is 2.42. The number of rotatable bonds is 9. The van der Waals surface area contributed by atoms with Gasteiger partial charge in [-0.05, 0) is 81.0 Å². The summed E-state index contributed by atoms with van der Waals surface area (Å²) in [5.41, 5.74) is -0.152. The lowest BCUT2D eigenvalue weighted by Gasteiger charge is -2.34. The molecule has 10 heteroatoms. The zero-order valence-electron chi connectivity index (χ0n) is 27.7. The van der Waals surface area contributed by atoms with E-state index in [0.29, 0.717) is 30.4 Å². The van der Waals surface area contributed by atoms with Crippen LogP contribution < -0.4 is 9.47 Å². The molecule has 5 rings (SSSR count). The largest absolute Gasteiger partial charge is 0.497 e. The second kappa shape index (κ2) is 15.2. The van der Waals surface area contributed by atoms with Gasteiger partial charge in [-0.15, -0.1) is 0 Å². The van der Waals surface area contributed by atoms with Crippen molar-refractivity contribution in [2.75, 3.05) is 40.6 Å². The number of carbonyl (C=O) groups is 2. The van der Waals surface area contributed by atoms with Crippen LogP contribution in [0.25, 0.3) is 0 Å². The van der Waals surface area contributed by atoms with E-state index < -0.39 is 35.7 Å². The van der Waals surface area contributed by atoms with Crippen LogP contribution in [0.3, 0.4) is 0 Å². The molecule has 1 N–H and O–H groups in total. The van der Waals surface area contributed by atoms with Gasteiger partial charge in [0.25, 0.3) is 0 Å². The van der Waals surface area contributed by atoms with Gasteiger partial charge in [0.1, 0.15) is 11.4 Å². The molecule has 0 spiro atoms. The Labute approximate surface area is 276 Å². The molecule has 4 atom stereocenters. The van der Waals surface area contributed by atoms with Crippen molar-refractivity contribution in [1.29, 1.82) is 0 Å². The summed E-state index contributed by atoms with van der Waals surface area (Å²) >= 11 is 0. The SMILES string of the molecule is COC(=O)C[C@](O)(CC#CC(C)(C)OCc1ccccc1)C(=O)O[C@@H]1/C(OC)=C\CCCCN2CCc3cc4c(cc3[C@H]1C2)OCO4. The first-order valence-electron chi connectivity index (χ1n) is 16.2. The molecule has 47 heavy (non-hydrogen) atoms. The third kappa shape index (κ3) is 8.66. The van der Waals surface area contributed by atoms with Gasteiger partial charge in [0, 0.05) is 25.4 Å². The number of aliphatic hydroxyl groups is 1. The minimum Gasteiger partial charge on any atom is -0.497 e. The second-order valence-electron chi connectivity index (χ2n) is 12.7. The van der Waals surface area contributed by atoms with Gasteiger partial charge in [0.2, 0.25) is 6.79 Å². The van der Waals surface area contributed by atoms with Crippen molar-refractivity contribution < 1.29 is 43.1 Å². The molecule has 2 bridgehead atoms. The second-order valence-corrected chi connectivity index (χ2v) is 12.7. The van der Waals surface area contributed by atoms with Crippen LogP contribution in [0.15, 0.2) is 54.3 Å². The number of esters is 2. The Bertz CT molecular complexity index is 1510. The molecule has 2 aromatic carbocycles. The highest BCUT2D eigenvalue weighted by atomic mass is 16.7. The van der Waals surface area contributed by atoms with Crippen molar-refractivity contribution in [3.05, 3.63) is 71.0 Å². The summed E-state index contributed by atoms with van der Waals surface area (Å²) in [6.07, 6.45) is 3.55. The van der Waals surface area contributed by atoms with E-state index in [2.05, 4.69) is 16.7 Å². The van der Waals surface area contributed by atoms with Gasteiger partial charge >= 0.3 is 11.9 Å². The lowest BCUT2D eigenvalue weighted by Crippen LogP contribution is -2.46. The standard InChI is InChI=1S/C37H45NO9/c1-36(2,46-24-26-12-7-5-8-13-26)16-11-17-37(41,22-33(39)43-4)35(40)47-34-29-23-38(18-10-6-9-14-30(34)42-3)19-15-27-20-31-32(21-28(27)29)45-25-44-31/h5,7-8,12-14,20-21,29,34,41H,6,9-10,15,17-19,22-25H2,1-4H3/b30-14+/t29-,34+,37-/m1/s1. The monoisotopic (exact) mass is 647 g/mol. The molecule has 3 aliphatic rings. The molecule has 0 aliphatic carbocycles. The highest BCUT2D eigenvalue weighted by Gasteiger charge is 2.45. The van der Waals surface area contributed by atoms with Crippen LogP contribution in [-0.2, 0) is 41.6 Å². The smallest absolute Gasteiger partial charge is 0.340 e. The molecule has 0 fully saturated rings. The van der Waals surface area contributed by atoms with E-state index in [4.69, 9.17) is 28.4 Å². The molecule has 0 amide bonds. The summed E-state index contributed by atoms with van der Waals surface area (Å²) in [6.45, 7) is 6.41. The average Bonchev–Trinajstić information content (AvgIpc) is 3.45. The fraction of sp³-hybridized carbons (Fsp3) is 0.514. The molecule has 0 aromatic heterocycles.